The molecule has 10 heteroatoms. The van der Waals surface area contributed by atoms with Gasteiger partial charge in [0.25, 0.3) is 0 Å². The second kappa shape index (κ2) is 6.72. The third-order valence-electron chi connectivity index (χ3n) is 3.58. The van der Waals surface area contributed by atoms with Crippen LogP contribution in [0.25, 0.3) is 11.2 Å². The molecule has 1 aromatic carbocycles. The summed E-state index contributed by atoms with van der Waals surface area (Å²) in [4.78, 5) is 34.5. The smallest absolute Gasteiger partial charge is 0.329 e. The number of hydrogen-bond donors (Lipinski definition) is 4. The Balaban J connectivity index is 1.71. The molecule has 0 saturated heterocycles. The summed E-state index contributed by atoms with van der Waals surface area (Å²) in [5.74, 6) is 0.251. The first-order valence-corrected chi connectivity index (χ1v) is 9.27. The van der Waals surface area contributed by atoms with Crippen LogP contribution >= 0.6 is 7.60 Å². The molecular weight excluding hydrogens is 343 g/mol. The first kappa shape index (κ1) is 17.2. The van der Waals surface area contributed by atoms with Crippen molar-refractivity contribution in [2.45, 2.75) is 19.0 Å². The van der Waals surface area contributed by atoms with Gasteiger partial charge in [-0.15, -0.1) is 0 Å². The van der Waals surface area contributed by atoms with Crippen LogP contribution in [-0.4, -0.2) is 29.7 Å². The predicted molar refractivity (Wildman–Crippen MR) is 93.6 cm³/mol. The maximum absolute atomic E-state index is 11.0. The lowest BCUT2D eigenvalue weighted by Gasteiger charge is -2.06. The first-order chi connectivity index (χ1) is 11.8. The Bertz CT molecular complexity index is 957. The number of benzene rings is 1. The molecule has 0 spiro atoms. The average Bonchev–Trinajstić information content (AvgIpc) is 2.53. The molecule has 3 aromatic rings. The fourth-order valence-corrected chi connectivity index (χ4v) is 3.11. The van der Waals surface area contributed by atoms with E-state index in [0.29, 0.717) is 29.6 Å². The van der Waals surface area contributed by atoms with Gasteiger partial charge in [0.2, 0.25) is 5.95 Å². The van der Waals surface area contributed by atoms with Crippen molar-refractivity contribution in [2.75, 3.05) is 11.5 Å². The topological polar surface area (TPSA) is 161 Å². The lowest BCUT2D eigenvalue weighted by Crippen LogP contribution is -2.05. The monoisotopic (exact) mass is 360 g/mol. The minimum absolute atomic E-state index is 0.0578. The summed E-state index contributed by atoms with van der Waals surface area (Å²) < 4.78 is 11.0. The third-order valence-corrected chi connectivity index (χ3v) is 4.36. The quantitative estimate of drug-likeness (QED) is 0.487. The van der Waals surface area contributed by atoms with E-state index in [0.717, 1.165) is 11.3 Å². The predicted octanol–water partition coefficient (Wildman–Crippen LogP) is 1.05. The van der Waals surface area contributed by atoms with Gasteiger partial charge in [0.1, 0.15) is 0 Å². The molecule has 0 aliphatic rings. The number of hydrogen-bond acceptors (Lipinski definition) is 7. The molecule has 0 fully saturated rings. The Morgan fingerprint density at radius 3 is 2.32 bits per heavy atom. The molecule has 130 valence electrons. The van der Waals surface area contributed by atoms with E-state index in [1.165, 1.54) is 0 Å². The molecule has 25 heavy (non-hydrogen) atoms. The zero-order chi connectivity index (χ0) is 18.0. The molecule has 0 bridgehead atoms. The molecule has 0 unspecified atom stereocenters. The Morgan fingerprint density at radius 1 is 0.960 bits per heavy atom. The number of aromatic nitrogens is 4. The summed E-state index contributed by atoms with van der Waals surface area (Å²) in [5.41, 5.74) is 14.5. The second-order valence-electron chi connectivity index (χ2n) is 5.64. The van der Waals surface area contributed by atoms with E-state index < -0.39 is 7.60 Å². The van der Waals surface area contributed by atoms with Crippen LogP contribution in [0.4, 0.5) is 11.8 Å². The molecule has 0 atom stereocenters. The van der Waals surface area contributed by atoms with E-state index in [-0.39, 0.29) is 17.9 Å². The molecule has 2 aromatic heterocycles. The van der Waals surface area contributed by atoms with Crippen molar-refractivity contribution < 1.29 is 14.4 Å². The van der Waals surface area contributed by atoms with E-state index in [9.17, 15) is 4.57 Å². The van der Waals surface area contributed by atoms with Crippen LogP contribution < -0.4 is 11.5 Å². The van der Waals surface area contributed by atoms with Crippen molar-refractivity contribution >= 4 is 30.5 Å². The molecule has 0 amide bonds. The van der Waals surface area contributed by atoms with Crippen molar-refractivity contribution in [3.8, 4) is 0 Å². The summed E-state index contributed by atoms with van der Waals surface area (Å²) in [6, 6.07) is 7.12. The first-order valence-electron chi connectivity index (χ1n) is 7.47. The van der Waals surface area contributed by atoms with Gasteiger partial charge in [-0.1, -0.05) is 24.3 Å². The van der Waals surface area contributed by atoms with E-state index in [4.69, 9.17) is 21.3 Å². The van der Waals surface area contributed by atoms with Gasteiger partial charge in [0, 0.05) is 0 Å². The van der Waals surface area contributed by atoms with E-state index in [2.05, 4.69) is 19.9 Å². The Morgan fingerprint density at radius 2 is 1.64 bits per heavy atom. The van der Waals surface area contributed by atoms with E-state index in [1.54, 1.807) is 18.3 Å². The van der Waals surface area contributed by atoms with Crippen molar-refractivity contribution in [3.05, 3.63) is 47.3 Å². The van der Waals surface area contributed by atoms with Crippen molar-refractivity contribution in [3.63, 3.8) is 0 Å². The summed E-state index contributed by atoms with van der Waals surface area (Å²) in [7, 11) is -4.05. The fourth-order valence-electron chi connectivity index (χ4n) is 2.42. The number of anilines is 2. The van der Waals surface area contributed by atoms with Gasteiger partial charge in [0.15, 0.2) is 17.0 Å². The maximum Gasteiger partial charge on any atom is 0.329 e. The van der Waals surface area contributed by atoms with Crippen LogP contribution in [-0.2, 0) is 23.6 Å². The van der Waals surface area contributed by atoms with Crippen molar-refractivity contribution in [1.82, 2.24) is 19.9 Å². The van der Waals surface area contributed by atoms with Gasteiger partial charge < -0.3 is 21.3 Å². The van der Waals surface area contributed by atoms with Gasteiger partial charge >= 0.3 is 7.60 Å². The summed E-state index contributed by atoms with van der Waals surface area (Å²) in [6.45, 7) is 0. The number of rotatable bonds is 5. The molecule has 3 rings (SSSR count). The number of aryl methyl sites for hydroxylation is 2. The maximum atomic E-state index is 11.0. The van der Waals surface area contributed by atoms with Gasteiger partial charge in [0.05, 0.1) is 18.1 Å². The molecule has 0 radical (unpaired) electrons. The van der Waals surface area contributed by atoms with E-state index >= 15 is 0 Å². The molecule has 0 saturated carbocycles. The van der Waals surface area contributed by atoms with Crippen LogP contribution in [0.2, 0.25) is 0 Å². The molecule has 6 N–H and O–H groups in total. The number of nitrogen functional groups attached to an aromatic ring is 2. The normalized spacial score (nSPS) is 11.8. The summed E-state index contributed by atoms with van der Waals surface area (Å²) >= 11 is 0. The van der Waals surface area contributed by atoms with Gasteiger partial charge in [-0.2, -0.15) is 9.97 Å². The second-order valence-corrected chi connectivity index (χ2v) is 7.29. The minimum atomic E-state index is -4.05. The lowest BCUT2D eigenvalue weighted by molar-refractivity contribution is 0.371. The number of nitrogens with zero attached hydrogens (tertiary/aromatic N) is 4. The van der Waals surface area contributed by atoms with Crippen molar-refractivity contribution in [1.29, 1.82) is 0 Å². The highest BCUT2D eigenvalue weighted by molar-refractivity contribution is 7.50. The molecule has 0 aliphatic heterocycles. The zero-order valence-corrected chi connectivity index (χ0v) is 14.1. The van der Waals surface area contributed by atoms with Gasteiger partial charge in [-0.3, -0.25) is 4.57 Å². The Labute approximate surface area is 143 Å². The highest BCUT2D eigenvalue weighted by atomic mass is 31.2. The molecule has 2 heterocycles. The summed E-state index contributed by atoms with van der Waals surface area (Å²) in [5, 5.41) is 0. The van der Waals surface area contributed by atoms with E-state index in [1.807, 2.05) is 12.1 Å². The van der Waals surface area contributed by atoms with Crippen LogP contribution in [0.15, 0.2) is 30.5 Å². The van der Waals surface area contributed by atoms with Gasteiger partial charge in [-0.25, -0.2) is 9.97 Å². The SMILES string of the molecule is Nc1nc(N)c2nc(CCc3ccc(CP(=O)(O)O)cc3)cnc2n1. The lowest BCUT2D eigenvalue weighted by atomic mass is 10.1. The number of nitrogens with two attached hydrogens (primary N) is 2. The Kier molecular flexibility index (Phi) is 4.63. The van der Waals surface area contributed by atoms with Gasteiger partial charge in [-0.05, 0) is 24.0 Å². The average molecular weight is 360 g/mol. The molecular formula is C15H17N6O3P. The largest absolute Gasteiger partial charge is 0.382 e. The summed E-state index contributed by atoms with van der Waals surface area (Å²) in [6.07, 6.45) is 2.69. The highest BCUT2D eigenvalue weighted by Crippen LogP contribution is 2.38. The minimum Gasteiger partial charge on any atom is -0.382 e. The molecule has 0 aliphatic carbocycles. The third kappa shape index (κ3) is 4.48. The van der Waals surface area contributed by atoms with Crippen LogP contribution in [0.5, 0.6) is 0 Å². The molecule has 9 nitrogen and oxygen atoms in total. The number of fused-ring (bicyclic) bond motifs is 1. The highest BCUT2D eigenvalue weighted by Gasteiger charge is 2.13. The van der Waals surface area contributed by atoms with Crippen molar-refractivity contribution in [2.24, 2.45) is 0 Å². The standard InChI is InChI=1S/C15H17N6O3P/c16-13-12-14(21-15(17)20-13)18-7-11(19-12)6-5-9-1-3-10(4-2-9)8-25(22,23)24/h1-4,7H,5-6,8H2,(H2,22,23,24)(H4,16,17,18,20,21). The Hall–Kier alpha value is -2.61. The van der Waals surface area contributed by atoms with Crippen LogP contribution in [0.1, 0.15) is 16.8 Å². The zero-order valence-electron chi connectivity index (χ0n) is 13.2. The fraction of sp³-hybridized carbons (Fsp3) is 0.200. The van der Waals surface area contributed by atoms with Crippen LogP contribution in [0, 0.1) is 0 Å². The van der Waals surface area contributed by atoms with Crippen LogP contribution in [0.3, 0.4) is 0 Å².